The molecule has 120 valence electrons. The van der Waals surface area contributed by atoms with Crippen molar-refractivity contribution in [1.29, 1.82) is 0 Å². The Hall–Kier alpha value is -1.81. The van der Waals surface area contributed by atoms with Gasteiger partial charge in [-0.25, -0.2) is 0 Å². The summed E-state index contributed by atoms with van der Waals surface area (Å²) in [5, 5.41) is 10.3. The van der Waals surface area contributed by atoms with Gasteiger partial charge in [-0.3, -0.25) is 9.69 Å². The van der Waals surface area contributed by atoms with Gasteiger partial charge in [0.1, 0.15) is 5.75 Å². The summed E-state index contributed by atoms with van der Waals surface area (Å²) in [6, 6.07) is 5.68. The van der Waals surface area contributed by atoms with E-state index in [9.17, 15) is 9.90 Å². The standard InChI is InChI=1S/C19H22N2O2/c1-2-11-5-10-6-14-17-15(9-21(8-10)18(11)14)19(23)13-7-12(22)3-4-16(13)20-17/h3-4,7,10-11,14,18,22H,2,5-6,8-9H2,1H3,(H,20,23)/t10-,11+,14?,18?/m1/s1. The molecule has 1 saturated carbocycles. The average molecular weight is 310 g/mol. The van der Waals surface area contributed by atoms with Gasteiger partial charge in [0.2, 0.25) is 0 Å². The predicted octanol–water partition coefficient (Wildman–Crippen LogP) is 2.95. The third kappa shape index (κ3) is 1.78. The highest BCUT2D eigenvalue weighted by molar-refractivity contribution is 5.81. The van der Waals surface area contributed by atoms with E-state index >= 15 is 0 Å². The Kier molecular flexibility index (Phi) is 2.72. The molecule has 2 saturated heterocycles. The number of pyridine rings is 1. The van der Waals surface area contributed by atoms with E-state index in [1.54, 1.807) is 12.1 Å². The molecule has 2 N–H and O–H groups in total. The topological polar surface area (TPSA) is 56.3 Å². The molecule has 1 aromatic carbocycles. The van der Waals surface area contributed by atoms with Crippen LogP contribution in [0, 0.1) is 11.8 Å². The molecule has 4 aliphatic rings. The number of nitrogens with zero attached hydrogens (tertiary/aromatic N) is 1. The van der Waals surface area contributed by atoms with Gasteiger partial charge in [0.15, 0.2) is 5.43 Å². The summed E-state index contributed by atoms with van der Waals surface area (Å²) in [7, 11) is 0. The van der Waals surface area contributed by atoms with Gasteiger partial charge in [-0.15, -0.1) is 0 Å². The third-order valence-corrected chi connectivity index (χ3v) is 6.41. The van der Waals surface area contributed by atoms with Crippen LogP contribution in [0.4, 0.5) is 0 Å². The van der Waals surface area contributed by atoms with E-state index in [0.717, 1.165) is 36.0 Å². The normalized spacial score (nSPS) is 34.6. The number of phenols is 1. The van der Waals surface area contributed by atoms with Crippen molar-refractivity contribution < 1.29 is 5.11 Å². The van der Waals surface area contributed by atoms with Crippen molar-refractivity contribution in [3.8, 4) is 5.75 Å². The van der Waals surface area contributed by atoms with Crippen LogP contribution >= 0.6 is 0 Å². The summed E-state index contributed by atoms with van der Waals surface area (Å²) in [6.07, 6.45) is 3.80. The minimum Gasteiger partial charge on any atom is -0.508 e. The number of hydrogen-bond acceptors (Lipinski definition) is 3. The molecule has 0 radical (unpaired) electrons. The monoisotopic (exact) mass is 310 g/mol. The van der Waals surface area contributed by atoms with Crippen molar-refractivity contribution in [2.45, 2.75) is 44.7 Å². The van der Waals surface area contributed by atoms with Crippen LogP contribution in [0.2, 0.25) is 0 Å². The molecule has 3 unspecified atom stereocenters. The second-order valence-corrected chi connectivity index (χ2v) is 7.61. The summed E-state index contributed by atoms with van der Waals surface area (Å²) < 4.78 is 0. The van der Waals surface area contributed by atoms with Crippen molar-refractivity contribution in [3.05, 3.63) is 39.7 Å². The zero-order valence-electron chi connectivity index (χ0n) is 13.4. The Bertz CT molecular complexity index is 856. The number of aromatic nitrogens is 1. The van der Waals surface area contributed by atoms with Gasteiger partial charge >= 0.3 is 0 Å². The number of piperidine rings is 2. The lowest BCUT2D eigenvalue weighted by Crippen LogP contribution is -2.59. The van der Waals surface area contributed by atoms with Crippen LogP contribution in [0.5, 0.6) is 5.75 Å². The molecule has 4 heteroatoms. The zero-order valence-corrected chi connectivity index (χ0v) is 13.4. The van der Waals surface area contributed by atoms with Crippen LogP contribution in [0.25, 0.3) is 10.9 Å². The maximum atomic E-state index is 13.0. The first kappa shape index (κ1) is 13.6. The molecule has 6 rings (SSSR count). The number of benzene rings is 1. The fourth-order valence-electron chi connectivity index (χ4n) is 5.52. The Morgan fingerprint density at radius 1 is 1.35 bits per heavy atom. The van der Waals surface area contributed by atoms with Gasteiger partial charge in [-0.05, 0) is 42.9 Å². The highest BCUT2D eigenvalue weighted by Gasteiger charge is 2.50. The average Bonchev–Trinajstić information content (AvgIpc) is 2.56. The second-order valence-electron chi connectivity index (χ2n) is 7.61. The number of aromatic amines is 1. The summed E-state index contributed by atoms with van der Waals surface area (Å²) in [6.45, 7) is 4.22. The molecule has 1 aliphatic carbocycles. The third-order valence-electron chi connectivity index (χ3n) is 6.41. The minimum atomic E-state index is 0.102. The Labute approximate surface area is 135 Å². The van der Waals surface area contributed by atoms with Crippen molar-refractivity contribution in [2.24, 2.45) is 11.8 Å². The Balaban J connectivity index is 1.73. The van der Waals surface area contributed by atoms with Gasteiger partial charge in [0.05, 0.1) is 0 Å². The lowest BCUT2D eigenvalue weighted by atomic mass is 9.63. The van der Waals surface area contributed by atoms with Crippen LogP contribution in [0.1, 0.15) is 43.4 Å². The Morgan fingerprint density at radius 2 is 2.22 bits per heavy atom. The first-order chi connectivity index (χ1) is 11.2. The van der Waals surface area contributed by atoms with Crippen molar-refractivity contribution in [1.82, 2.24) is 9.88 Å². The number of hydrogen-bond donors (Lipinski definition) is 2. The molecule has 0 amide bonds. The molecule has 4 nitrogen and oxygen atoms in total. The van der Waals surface area contributed by atoms with E-state index < -0.39 is 0 Å². The second kappa shape index (κ2) is 4.60. The summed E-state index contributed by atoms with van der Waals surface area (Å²) in [5.41, 5.74) is 3.07. The summed E-state index contributed by atoms with van der Waals surface area (Å²) in [5.74, 6) is 2.17. The maximum absolute atomic E-state index is 13.0. The van der Waals surface area contributed by atoms with Crippen molar-refractivity contribution in [3.63, 3.8) is 0 Å². The molecule has 4 heterocycles. The largest absolute Gasteiger partial charge is 0.508 e. The molecule has 3 aliphatic heterocycles. The molecule has 5 atom stereocenters. The first-order valence-electron chi connectivity index (χ1n) is 8.77. The van der Waals surface area contributed by atoms with E-state index in [-0.39, 0.29) is 11.2 Å². The number of nitrogens with one attached hydrogen (secondary N) is 1. The predicted molar refractivity (Wildman–Crippen MR) is 89.7 cm³/mol. The number of H-pyrrole nitrogens is 1. The number of phenolic OH excluding ortho intramolecular Hbond substituents is 1. The van der Waals surface area contributed by atoms with Gasteiger partial charge in [-0.1, -0.05) is 13.3 Å². The van der Waals surface area contributed by atoms with Crippen LogP contribution in [-0.4, -0.2) is 27.6 Å². The van der Waals surface area contributed by atoms with Crippen LogP contribution in [0.3, 0.4) is 0 Å². The molecule has 2 aromatic rings. The fraction of sp³-hybridized carbons (Fsp3) is 0.526. The van der Waals surface area contributed by atoms with Crippen LogP contribution < -0.4 is 5.43 Å². The summed E-state index contributed by atoms with van der Waals surface area (Å²) in [4.78, 5) is 19.1. The lowest BCUT2D eigenvalue weighted by Gasteiger charge is -2.56. The summed E-state index contributed by atoms with van der Waals surface area (Å²) >= 11 is 0. The Morgan fingerprint density at radius 3 is 3.04 bits per heavy atom. The molecular weight excluding hydrogens is 288 g/mol. The SMILES string of the molecule is CC[C@H]1C[C@@H]2CC3c4[nH]c5ccc(O)cc5c(=O)c4CN(C2)C31. The van der Waals surface area contributed by atoms with Gasteiger partial charge in [0, 0.05) is 47.2 Å². The van der Waals surface area contributed by atoms with E-state index in [1.807, 2.05) is 6.07 Å². The molecular formula is C19H22N2O2. The maximum Gasteiger partial charge on any atom is 0.194 e. The van der Waals surface area contributed by atoms with Gasteiger partial charge in [-0.2, -0.15) is 0 Å². The number of aromatic hydroxyl groups is 1. The smallest absolute Gasteiger partial charge is 0.194 e. The van der Waals surface area contributed by atoms with Gasteiger partial charge in [0.25, 0.3) is 0 Å². The lowest BCUT2D eigenvalue weighted by molar-refractivity contribution is -0.0345. The minimum absolute atomic E-state index is 0.102. The van der Waals surface area contributed by atoms with Crippen molar-refractivity contribution in [2.75, 3.05) is 6.54 Å². The van der Waals surface area contributed by atoms with E-state index in [1.165, 1.54) is 25.0 Å². The van der Waals surface area contributed by atoms with E-state index in [0.29, 0.717) is 17.3 Å². The number of fused-ring (bicyclic) bond motifs is 3. The first-order valence-corrected chi connectivity index (χ1v) is 8.77. The van der Waals surface area contributed by atoms with Crippen LogP contribution in [-0.2, 0) is 6.54 Å². The molecule has 3 fully saturated rings. The number of rotatable bonds is 1. The highest BCUT2D eigenvalue weighted by atomic mass is 16.3. The van der Waals surface area contributed by atoms with E-state index in [4.69, 9.17) is 0 Å². The van der Waals surface area contributed by atoms with Crippen molar-refractivity contribution >= 4 is 10.9 Å². The van der Waals surface area contributed by atoms with Gasteiger partial charge < -0.3 is 10.1 Å². The van der Waals surface area contributed by atoms with E-state index in [2.05, 4.69) is 16.8 Å². The van der Waals surface area contributed by atoms with Crippen LogP contribution in [0.15, 0.2) is 23.0 Å². The quantitative estimate of drug-likeness (QED) is 0.851. The molecule has 1 aromatic heterocycles. The fourth-order valence-corrected chi connectivity index (χ4v) is 5.52. The molecule has 23 heavy (non-hydrogen) atoms. The zero-order chi connectivity index (χ0) is 15.7. The molecule has 0 spiro atoms. The highest BCUT2D eigenvalue weighted by Crippen LogP contribution is 2.51. The molecule has 4 bridgehead atoms.